The van der Waals surface area contributed by atoms with Crippen molar-refractivity contribution < 1.29 is 9.53 Å². The van der Waals surface area contributed by atoms with E-state index in [1.807, 2.05) is 0 Å². The van der Waals surface area contributed by atoms with Gasteiger partial charge in [-0.25, -0.2) is 0 Å². The SMILES string of the molecule is CC(C)(C)c1ccc(C2CC(=O)c3cc(Cl)ccc3O2)s1. The predicted octanol–water partition coefficient (Wildman–Crippen LogP) is 5.41. The van der Waals surface area contributed by atoms with Crippen molar-refractivity contribution in [1.29, 1.82) is 0 Å². The maximum Gasteiger partial charge on any atom is 0.170 e. The Morgan fingerprint density at radius 3 is 2.67 bits per heavy atom. The first-order chi connectivity index (χ1) is 9.84. The lowest BCUT2D eigenvalue weighted by atomic mass is 9.95. The second-order valence-electron chi connectivity index (χ2n) is 6.33. The molecular weight excluding hydrogens is 304 g/mol. The molecule has 110 valence electrons. The molecule has 1 unspecified atom stereocenters. The Morgan fingerprint density at radius 1 is 1.24 bits per heavy atom. The van der Waals surface area contributed by atoms with Crippen LogP contribution in [0.1, 0.15) is 53.4 Å². The van der Waals surface area contributed by atoms with Crippen LogP contribution in [-0.4, -0.2) is 5.78 Å². The number of rotatable bonds is 1. The minimum atomic E-state index is -0.188. The number of carbonyl (C=O) groups excluding carboxylic acids is 1. The zero-order valence-electron chi connectivity index (χ0n) is 12.3. The van der Waals surface area contributed by atoms with Gasteiger partial charge in [0.2, 0.25) is 0 Å². The Balaban J connectivity index is 1.91. The fourth-order valence-corrected chi connectivity index (χ4v) is 3.65. The Labute approximate surface area is 133 Å². The van der Waals surface area contributed by atoms with Crippen LogP contribution in [0.4, 0.5) is 0 Å². The lowest BCUT2D eigenvalue weighted by molar-refractivity contribution is 0.0854. The summed E-state index contributed by atoms with van der Waals surface area (Å²) in [6, 6.07) is 9.42. The van der Waals surface area contributed by atoms with Crippen LogP contribution in [0, 0.1) is 0 Å². The average molecular weight is 321 g/mol. The summed E-state index contributed by atoms with van der Waals surface area (Å²) >= 11 is 7.67. The summed E-state index contributed by atoms with van der Waals surface area (Å²) in [5.74, 6) is 0.723. The third-order valence-electron chi connectivity index (χ3n) is 3.57. The quantitative estimate of drug-likeness (QED) is 0.702. The zero-order valence-corrected chi connectivity index (χ0v) is 13.8. The van der Waals surface area contributed by atoms with Crippen LogP contribution in [0.15, 0.2) is 30.3 Å². The van der Waals surface area contributed by atoms with Gasteiger partial charge in [0.15, 0.2) is 5.78 Å². The molecule has 21 heavy (non-hydrogen) atoms. The van der Waals surface area contributed by atoms with Gasteiger partial charge < -0.3 is 4.74 Å². The number of hydrogen-bond acceptors (Lipinski definition) is 3. The molecule has 1 aliphatic rings. The van der Waals surface area contributed by atoms with E-state index in [1.54, 1.807) is 29.5 Å². The Kier molecular flexibility index (Phi) is 3.58. The molecule has 1 aromatic carbocycles. The van der Waals surface area contributed by atoms with Crippen molar-refractivity contribution in [1.82, 2.24) is 0 Å². The van der Waals surface area contributed by atoms with E-state index in [-0.39, 0.29) is 17.3 Å². The average Bonchev–Trinajstić information content (AvgIpc) is 2.89. The molecule has 0 saturated heterocycles. The molecular formula is C17H17ClO2S. The number of halogens is 1. The van der Waals surface area contributed by atoms with Crippen LogP contribution in [0.3, 0.4) is 0 Å². The largest absolute Gasteiger partial charge is 0.484 e. The van der Waals surface area contributed by atoms with E-state index < -0.39 is 0 Å². The van der Waals surface area contributed by atoms with Gasteiger partial charge in [-0.05, 0) is 35.7 Å². The Morgan fingerprint density at radius 2 is 2.00 bits per heavy atom. The van der Waals surface area contributed by atoms with Crippen molar-refractivity contribution in [2.75, 3.05) is 0 Å². The number of ether oxygens (including phenoxy) is 1. The van der Waals surface area contributed by atoms with Crippen LogP contribution in [0.25, 0.3) is 0 Å². The van der Waals surface area contributed by atoms with Crippen molar-refractivity contribution in [3.8, 4) is 5.75 Å². The summed E-state index contributed by atoms with van der Waals surface area (Å²) in [6.45, 7) is 6.56. The minimum Gasteiger partial charge on any atom is -0.484 e. The number of fused-ring (bicyclic) bond motifs is 1. The van der Waals surface area contributed by atoms with Gasteiger partial charge in [0.25, 0.3) is 0 Å². The molecule has 0 N–H and O–H groups in total. The van der Waals surface area contributed by atoms with E-state index >= 15 is 0 Å². The number of thiophene rings is 1. The second-order valence-corrected chi connectivity index (χ2v) is 7.88. The highest BCUT2D eigenvalue weighted by molar-refractivity contribution is 7.12. The molecule has 2 nitrogen and oxygen atoms in total. The molecule has 0 saturated carbocycles. The third-order valence-corrected chi connectivity index (χ3v) is 5.40. The maximum atomic E-state index is 12.3. The van der Waals surface area contributed by atoms with Gasteiger partial charge in [0, 0.05) is 14.8 Å². The smallest absolute Gasteiger partial charge is 0.170 e. The number of hydrogen-bond donors (Lipinski definition) is 0. The van der Waals surface area contributed by atoms with E-state index in [9.17, 15) is 4.79 Å². The highest BCUT2D eigenvalue weighted by Crippen LogP contribution is 2.40. The fraction of sp³-hybridized carbons (Fsp3) is 0.353. The van der Waals surface area contributed by atoms with Crippen LogP contribution < -0.4 is 4.74 Å². The molecule has 1 aromatic heterocycles. The molecule has 2 heterocycles. The molecule has 0 spiro atoms. The predicted molar refractivity (Wildman–Crippen MR) is 86.8 cm³/mol. The number of benzene rings is 1. The molecule has 1 aliphatic heterocycles. The summed E-state index contributed by atoms with van der Waals surface area (Å²) in [6.07, 6.45) is 0.185. The molecule has 3 rings (SSSR count). The Hall–Kier alpha value is -1.32. The van der Waals surface area contributed by atoms with Crippen molar-refractivity contribution in [2.24, 2.45) is 0 Å². The topological polar surface area (TPSA) is 26.3 Å². The molecule has 1 atom stereocenters. The molecule has 0 aliphatic carbocycles. The lowest BCUT2D eigenvalue weighted by Crippen LogP contribution is -2.19. The first kappa shape index (κ1) is 14.6. The van der Waals surface area contributed by atoms with E-state index in [0.29, 0.717) is 22.8 Å². The molecule has 0 amide bonds. The van der Waals surface area contributed by atoms with Crippen molar-refractivity contribution in [2.45, 2.75) is 38.7 Å². The van der Waals surface area contributed by atoms with Crippen molar-refractivity contribution >= 4 is 28.7 Å². The first-order valence-corrected chi connectivity index (χ1v) is 8.13. The molecule has 2 aromatic rings. The zero-order chi connectivity index (χ0) is 15.2. The van der Waals surface area contributed by atoms with Gasteiger partial charge in [-0.2, -0.15) is 0 Å². The summed E-state index contributed by atoms with van der Waals surface area (Å²) in [5.41, 5.74) is 0.707. The van der Waals surface area contributed by atoms with E-state index in [0.717, 1.165) is 4.88 Å². The lowest BCUT2D eigenvalue weighted by Gasteiger charge is -2.24. The summed E-state index contributed by atoms with van der Waals surface area (Å²) < 4.78 is 6.00. The van der Waals surface area contributed by atoms with Gasteiger partial charge in [-0.15, -0.1) is 11.3 Å². The van der Waals surface area contributed by atoms with Gasteiger partial charge in [0.05, 0.1) is 12.0 Å². The monoisotopic (exact) mass is 320 g/mol. The number of Topliss-reactive ketones (excluding diaryl/α,β-unsaturated/α-hetero) is 1. The molecule has 0 fully saturated rings. The van der Waals surface area contributed by atoms with E-state index in [1.165, 1.54) is 4.88 Å². The highest BCUT2D eigenvalue weighted by atomic mass is 35.5. The van der Waals surface area contributed by atoms with Crippen LogP contribution in [0.5, 0.6) is 5.75 Å². The van der Waals surface area contributed by atoms with Gasteiger partial charge in [-0.1, -0.05) is 32.4 Å². The Bertz CT molecular complexity index is 697. The molecule has 0 bridgehead atoms. The third kappa shape index (κ3) is 2.85. The number of carbonyl (C=O) groups is 1. The van der Waals surface area contributed by atoms with Crippen LogP contribution in [-0.2, 0) is 5.41 Å². The molecule has 0 radical (unpaired) electrons. The highest BCUT2D eigenvalue weighted by Gasteiger charge is 2.29. The van der Waals surface area contributed by atoms with Crippen molar-refractivity contribution in [3.63, 3.8) is 0 Å². The normalized spacial score (nSPS) is 18.3. The standard InChI is InChI=1S/C17H17ClO2S/c1-17(2,3)16-7-6-15(21-16)14-9-12(19)11-8-10(18)4-5-13(11)20-14/h4-8,14H,9H2,1-3H3. The van der Waals surface area contributed by atoms with Gasteiger partial charge in [-0.3, -0.25) is 4.79 Å². The van der Waals surface area contributed by atoms with Crippen LogP contribution >= 0.6 is 22.9 Å². The fourth-order valence-electron chi connectivity index (χ4n) is 2.38. The van der Waals surface area contributed by atoms with Gasteiger partial charge in [0.1, 0.15) is 11.9 Å². The van der Waals surface area contributed by atoms with Crippen molar-refractivity contribution in [3.05, 3.63) is 50.7 Å². The maximum absolute atomic E-state index is 12.3. The summed E-state index contributed by atoms with van der Waals surface area (Å²) in [7, 11) is 0. The molecule has 4 heteroatoms. The van der Waals surface area contributed by atoms with Crippen LogP contribution in [0.2, 0.25) is 5.02 Å². The number of ketones is 1. The first-order valence-electron chi connectivity index (χ1n) is 6.94. The van der Waals surface area contributed by atoms with E-state index in [4.69, 9.17) is 16.3 Å². The van der Waals surface area contributed by atoms with Gasteiger partial charge >= 0.3 is 0 Å². The van der Waals surface area contributed by atoms with E-state index in [2.05, 4.69) is 32.9 Å². The summed E-state index contributed by atoms with van der Waals surface area (Å²) in [5, 5.41) is 0.565. The minimum absolute atomic E-state index is 0.0921. The summed E-state index contributed by atoms with van der Waals surface area (Å²) in [4.78, 5) is 14.7. The second kappa shape index (κ2) is 5.15.